The van der Waals surface area contributed by atoms with E-state index in [0.717, 1.165) is 58.9 Å². The molecule has 7 rings (SSSR count). The number of amides is 1. The van der Waals surface area contributed by atoms with Gasteiger partial charge < -0.3 is 15.5 Å². The topological polar surface area (TPSA) is 120 Å². The zero-order valence-electron chi connectivity index (χ0n) is 24.6. The third-order valence-electron chi connectivity index (χ3n) is 8.98. The number of aryl methyl sites for hydroxylation is 1. The van der Waals surface area contributed by atoms with Gasteiger partial charge in [-0.1, -0.05) is 6.07 Å². The summed E-state index contributed by atoms with van der Waals surface area (Å²) < 4.78 is 25.7. The molecule has 10 nitrogen and oxygen atoms in total. The molecule has 3 aliphatic rings. The number of carbonyl (C=O) groups is 1. The van der Waals surface area contributed by atoms with Gasteiger partial charge in [-0.15, -0.1) is 0 Å². The van der Waals surface area contributed by atoms with Crippen molar-refractivity contribution in [3.8, 4) is 11.4 Å². The highest BCUT2D eigenvalue weighted by molar-refractivity contribution is 7.92. The van der Waals surface area contributed by atoms with Gasteiger partial charge in [0.15, 0.2) is 0 Å². The molecule has 1 spiro atoms. The number of anilines is 2. The first kappa shape index (κ1) is 27.7. The van der Waals surface area contributed by atoms with E-state index in [-0.39, 0.29) is 18.0 Å². The van der Waals surface area contributed by atoms with Crippen LogP contribution in [0.2, 0.25) is 0 Å². The van der Waals surface area contributed by atoms with E-state index in [1.807, 2.05) is 24.3 Å². The highest BCUT2D eigenvalue weighted by Crippen LogP contribution is 2.39. The van der Waals surface area contributed by atoms with Crippen LogP contribution >= 0.6 is 0 Å². The number of nitrogens with one attached hydrogen (secondary N) is 2. The number of rotatable bonds is 6. The van der Waals surface area contributed by atoms with Crippen molar-refractivity contribution < 1.29 is 13.2 Å². The Morgan fingerprint density at radius 1 is 1.07 bits per heavy atom. The van der Waals surface area contributed by atoms with Crippen molar-refractivity contribution in [1.29, 1.82) is 0 Å². The van der Waals surface area contributed by atoms with Crippen LogP contribution in [0.1, 0.15) is 45.6 Å². The summed E-state index contributed by atoms with van der Waals surface area (Å²) in [5.74, 6) is 0.705. The zero-order chi connectivity index (χ0) is 29.9. The summed E-state index contributed by atoms with van der Waals surface area (Å²) >= 11 is 0. The molecule has 0 radical (unpaired) electrons. The average molecular weight is 598 g/mol. The smallest absolute Gasteiger partial charge is 0.251 e. The van der Waals surface area contributed by atoms with Gasteiger partial charge in [0.25, 0.3) is 5.91 Å². The molecule has 11 heteroatoms. The Labute approximate surface area is 251 Å². The van der Waals surface area contributed by atoms with E-state index in [0.29, 0.717) is 29.9 Å². The van der Waals surface area contributed by atoms with Crippen LogP contribution in [-0.2, 0) is 23.0 Å². The number of piperazine rings is 1. The average Bonchev–Trinajstić information content (AvgIpc) is 3.57. The van der Waals surface area contributed by atoms with Crippen LogP contribution in [0.15, 0.2) is 48.7 Å². The number of hydrogen-bond acceptors (Lipinski definition) is 8. The van der Waals surface area contributed by atoms with Gasteiger partial charge >= 0.3 is 0 Å². The molecule has 0 bridgehead atoms. The first-order valence-corrected chi connectivity index (χ1v) is 16.6. The molecule has 1 saturated heterocycles. The molecule has 4 aromatic rings. The zero-order valence-corrected chi connectivity index (χ0v) is 25.5. The second-order valence-electron chi connectivity index (χ2n) is 12.1. The lowest BCUT2D eigenvalue weighted by Gasteiger charge is -2.35. The lowest BCUT2D eigenvalue weighted by atomic mass is 10.0. The molecule has 0 atom stereocenters. The first-order chi connectivity index (χ1) is 20.6. The quantitative estimate of drug-likeness (QED) is 0.347. The molecule has 1 amide bonds. The molecule has 0 unspecified atom stereocenters. The lowest BCUT2D eigenvalue weighted by Crippen LogP contribution is -2.52. The SMILES string of the molecule is Cc1cc(N2CCNC3(CC3)C2)nc(-c2ccc3cnc(CNC(=O)c4ccc5c(c4)N(S(C)(=O)=O)CC5)cc3n2)c1C. The first-order valence-electron chi connectivity index (χ1n) is 14.7. The fraction of sp³-hybridized carbons (Fsp3) is 0.375. The van der Waals surface area contributed by atoms with Crippen molar-refractivity contribution in [3.63, 3.8) is 0 Å². The number of carbonyl (C=O) groups excluding carboxylic acids is 1. The van der Waals surface area contributed by atoms with Gasteiger partial charge in [-0.2, -0.15) is 0 Å². The highest BCUT2D eigenvalue weighted by Gasteiger charge is 2.45. The van der Waals surface area contributed by atoms with E-state index in [2.05, 4.69) is 40.4 Å². The van der Waals surface area contributed by atoms with E-state index in [9.17, 15) is 13.2 Å². The molecule has 222 valence electrons. The minimum absolute atomic E-state index is 0.212. The fourth-order valence-electron chi connectivity index (χ4n) is 6.16. The maximum Gasteiger partial charge on any atom is 0.251 e. The minimum Gasteiger partial charge on any atom is -0.353 e. The summed E-state index contributed by atoms with van der Waals surface area (Å²) in [6.07, 6.45) is 6.03. The molecule has 5 heterocycles. The van der Waals surface area contributed by atoms with Gasteiger partial charge in [-0.25, -0.2) is 18.4 Å². The van der Waals surface area contributed by atoms with Crippen LogP contribution in [-0.4, -0.2) is 67.3 Å². The van der Waals surface area contributed by atoms with Crippen molar-refractivity contribution in [2.75, 3.05) is 41.6 Å². The van der Waals surface area contributed by atoms with Gasteiger partial charge in [0.1, 0.15) is 5.82 Å². The standard InChI is InChI=1S/C32H35N7O3S/c1-20-14-29(38-13-11-35-32(19-38)9-10-32)37-30(21(20)2)26-7-6-24-17-33-25(16-27(24)36-26)18-34-31(40)23-5-4-22-8-12-39(28(22)15-23)43(3,41)42/h4-7,14-17,35H,8-13,18-19H2,1-3H3,(H,34,40). The van der Waals surface area contributed by atoms with E-state index in [1.54, 1.807) is 18.3 Å². The number of benzene rings is 1. The molecule has 43 heavy (non-hydrogen) atoms. The predicted molar refractivity (Wildman–Crippen MR) is 168 cm³/mol. The lowest BCUT2D eigenvalue weighted by molar-refractivity contribution is 0.0950. The summed E-state index contributed by atoms with van der Waals surface area (Å²) in [6.45, 7) is 7.71. The Morgan fingerprint density at radius 3 is 2.70 bits per heavy atom. The van der Waals surface area contributed by atoms with E-state index in [4.69, 9.17) is 9.97 Å². The number of hydrogen-bond donors (Lipinski definition) is 2. The number of fused-ring (bicyclic) bond motifs is 2. The van der Waals surface area contributed by atoms with Crippen molar-refractivity contribution in [2.45, 2.75) is 45.2 Å². The monoisotopic (exact) mass is 597 g/mol. The summed E-state index contributed by atoms with van der Waals surface area (Å²) in [7, 11) is -3.40. The van der Waals surface area contributed by atoms with Gasteiger partial charge in [0.2, 0.25) is 10.0 Å². The molecular formula is C32H35N7O3S. The van der Waals surface area contributed by atoms with E-state index >= 15 is 0 Å². The third-order valence-corrected chi connectivity index (χ3v) is 10.2. The number of aromatic nitrogens is 3. The molecular weight excluding hydrogens is 562 g/mol. The van der Waals surface area contributed by atoms with Crippen LogP contribution in [0.5, 0.6) is 0 Å². The molecule has 2 fully saturated rings. The van der Waals surface area contributed by atoms with E-state index in [1.165, 1.54) is 29.0 Å². The number of nitrogens with zero attached hydrogens (tertiary/aromatic N) is 5. The second kappa shape index (κ2) is 10.3. The van der Waals surface area contributed by atoms with Crippen molar-refractivity contribution in [1.82, 2.24) is 25.6 Å². The Hall–Kier alpha value is -4.09. The molecule has 2 aliphatic heterocycles. The van der Waals surface area contributed by atoms with Crippen LogP contribution in [0.3, 0.4) is 0 Å². The van der Waals surface area contributed by atoms with Crippen LogP contribution in [0.25, 0.3) is 22.3 Å². The van der Waals surface area contributed by atoms with Crippen LogP contribution in [0.4, 0.5) is 11.5 Å². The summed E-state index contributed by atoms with van der Waals surface area (Å²) in [5.41, 5.74) is 7.60. The Morgan fingerprint density at radius 2 is 1.91 bits per heavy atom. The second-order valence-corrected chi connectivity index (χ2v) is 14.0. The van der Waals surface area contributed by atoms with E-state index < -0.39 is 10.0 Å². The van der Waals surface area contributed by atoms with Gasteiger partial charge in [-0.05, 0) is 86.2 Å². The van der Waals surface area contributed by atoms with Crippen LogP contribution in [0, 0.1) is 13.8 Å². The highest BCUT2D eigenvalue weighted by atomic mass is 32.2. The summed E-state index contributed by atoms with van der Waals surface area (Å²) in [5, 5.41) is 7.50. The summed E-state index contributed by atoms with van der Waals surface area (Å²) in [6, 6.07) is 13.3. The fourth-order valence-corrected chi connectivity index (χ4v) is 7.11. The molecule has 1 aliphatic carbocycles. The van der Waals surface area contributed by atoms with Gasteiger partial charge in [0, 0.05) is 48.9 Å². The number of pyridine rings is 3. The maximum absolute atomic E-state index is 13.0. The normalized spacial score (nSPS) is 17.4. The largest absolute Gasteiger partial charge is 0.353 e. The van der Waals surface area contributed by atoms with Gasteiger partial charge in [0.05, 0.1) is 41.1 Å². The van der Waals surface area contributed by atoms with Gasteiger partial charge in [-0.3, -0.25) is 14.1 Å². The van der Waals surface area contributed by atoms with Crippen molar-refractivity contribution in [3.05, 3.63) is 76.6 Å². The Bertz CT molecular complexity index is 1890. The van der Waals surface area contributed by atoms with Crippen LogP contribution < -0.4 is 19.8 Å². The molecule has 1 saturated carbocycles. The maximum atomic E-state index is 13.0. The molecule has 2 N–H and O–H groups in total. The Kier molecular flexibility index (Phi) is 6.62. The summed E-state index contributed by atoms with van der Waals surface area (Å²) in [4.78, 5) is 30.0. The minimum atomic E-state index is -3.40. The molecule has 1 aromatic carbocycles. The third kappa shape index (κ3) is 5.31. The predicted octanol–water partition coefficient (Wildman–Crippen LogP) is 3.50. The van der Waals surface area contributed by atoms with Crippen molar-refractivity contribution >= 4 is 38.3 Å². The van der Waals surface area contributed by atoms with Crippen molar-refractivity contribution in [2.24, 2.45) is 0 Å². The Balaban J connectivity index is 1.11. The molecule has 3 aromatic heterocycles. The number of sulfonamides is 1.